The van der Waals surface area contributed by atoms with Crippen molar-refractivity contribution in [3.63, 3.8) is 0 Å². The van der Waals surface area contributed by atoms with Crippen LogP contribution in [-0.2, 0) is 9.53 Å². The number of ketones is 1. The number of anilines is 3. The van der Waals surface area contributed by atoms with Crippen LogP contribution in [0.3, 0.4) is 0 Å². The van der Waals surface area contributed by atoms with E-state index in [1.54, 1.807) is 40.9 Å². The number of aromatic nitrogens is 5. The zero-order valence-electron chi connectivity index (χ0n) is 20.4. The predicted molar refractivity (Wildman–Crippen MR) is 140 cm³/mol. The number of carbonyl (C=O) groups is 2. The minimum absolute atomic E-state index is 0.0911. The number of nitrogens with one attached hydrogen (secondary N) is 2. The van der Waals surface area contributed by atoms with Gasteiger partial charge in [0.15, 0.2) is 5.65 Å². The summed E-state index contributed by atoms with van der Waals surface area (Å²) in [5.74, 6) is -1.18. The summed E-state index contributed by atoms with van der Waals surface area (Å²) in [7, 11) is 1.29. The Labute approximate surface area is 229 Å². The lowest BCUT2D eigenvalue weighted by Crippen LogP contribution is -2.18. The van der Waals surface area contributed by atoms with Crippen LogP contribution in [0.5, 0.6) is 0 Å². The van der Waals surface area contributed by atoms with E-state index >= 15 is 0 Å². The summed E-state index contributed by atoms with van der Waals surface area (Å²) in [5.41, 5.74) is 8.02. The molecular formula is C23H21Cl2F3N8O3. The Morgan fingerprint density at radius 3 is 2.38 bits per heavy atom. The fourth-order valence-electron chi connectivity index (χ4n) is 3.00. The van der Waals surface area contributed by atoms with Crippen LogP contribution < -0.4 is 16.4 Å². The van der Waals surface area contributed by atoms with Gasteiger partial charge in [0.05, 0.1) is 17.8 Å². The van der Waals surface area contributed by atoms with Crippen molar-refractivity contribution < 1.29 is 27.5 Å². The van der Waals surface area contributed by atoms with E-state index in [-0.39, 0.29) is 11.4 Å². The number of hydrogen-bond donors (Lipinski definition) is 3. The number of methoxy groups -OCH3 is 1. The molecule has 16 heteroatoms. The van der Waals surface area contributed by atoms with Crippen LogP contribution >= 0.6 is 23.2 Å². The van der Waals surface area contributed by atoms with Gasteiger partial charge in [-0.05, 0) is 30.3 Å². The number of rotatable bonds is 7. The summed E-state index contributed by atoms with van der Waals surface area (Å²) < 4.78 is 38.7. The van der Waals surface area contributed by atoms with E-state index in [2.05, 4.69) is 35.4 Å². The monoisotopic (exact) mass is 584 g/mol. The summed E-state index contributed by atoms with van der Waals surface area (Å²) >= 11 is 12.3. The Balaban J connectivity index is 0.000000532. The molecule has 4 aromatic rings. The van der Waals surface area contributed by atoms with E-state index in [1.807, 2.05) is 0 Å². The first-order chi connectivity index (χ1) is 18.4. The van der Waals surface area contributed by atoms with Crippen molar-refractivity contribution in [1.29, 1.82) is 0 Å². The zero-order chi connectivity index (χ0) is 28.7. The third-order valence-electron chi connectivity index (χ3n) is 4.92. The number of nitrogen functional groups attached to an aromatic ring is 1. The molecule has 3 aromatic heterocycles. The van der Waals surface area contributed by atoms with E-state index in [4.69, 9.17) is 28.9 Å². The van der Waals surface area contributed by atoms with Crippen LogP contribution in [-0.4, -0.2) is 62.7 Å². The van der Waals surface area contributed by atoms with Gasteiger partial charge in [0.25, 0.3) is 0 Å². The number of halogens is 5. The highest BCUT2D eigenvalue weighted by molar-refractivity contribution is 6.36. The van der Waals surface area contributed by atoms with Crippen LogP contribution in [0.15, 0.2) is 42.7 Å². The van der Waals surface area contributed by atoms with Crippen LogP contribution in [0.25, 0.3) is 16.9 Å². The lowest BCUT2D eigenvalue weighted by Gasteiger charge is -2.12. The quantitative estimate of drug-likeness (QED) is 0.209. The molecule has 4 N–H and O–H groups in total. The Bertz CT molecular complexity index is 1500. The number of carbonyl (C=O) groups excluding carboxylic acids is 2. The van der Waals surface area contributed by atoms with E-state index in [9.17, 15) is 22.8 Å². The number of benzene rings is 1. The first-order valence-corrected chi connectivity index (χ1v) is 11.7. The third-order valence-corrected chi connectivity index (χ3v) is 5.47. The molecule has 4 rings (SSSR count). The fraction of sp³-hybridized carbons (Fsp3) is 0.217. The van der Waals surface area contributed by atoms with Crippen LogP contribution in [0, 0.1) is 0 Å². The Morgan fingerprint density at radius 2 is 1.77 bits per heavy atom. The molecule has 0 unspecified atom stereocenters. The smallest absolute Gasteiger partial charge is 0.449 e. The molecule has 0 aliphatic carbocycles. The van der Waals surface area contributed by atoms with Gasteiger partial charge in [0.1, 0.15) is 23.5 Å². The van der Waals surface area contributed by atoms with Crippen molar-refractivity contribution >= 4 is 58.2 Å². The van der Waals surface area contributed by atoms with E-state index in [0.717, 1.165) is 5.56 Å². The van der Waals surface area contributed by atoms with Gasteiger partial charge in [0, 0.05) is 36.7 Å². The predicted octanol–water partition coefficient (Wildman–Crippen LogP) is 4.52. The summed E-state index contributed by atoms with van der Waals surface area (Å²) in [5, 5.41) is 11.6. The maximum Gasteiger partial charge on any atom is 0.449 e. The van der Waals surface area contributed by atoms with Gasteiger partial charge in [-0.1, -0.05) is 23.2 Å². The van der Waals surface area contributed by atoms with Crippen LogP contribution in [0.4, 0.5) is 30.8 Å². The van der Waals surface area contributed by atoms with Crippen molar-refractivity contribution in [2.24, 2.45) is 0 Å². The third kappa shape index (κ3) is 7.67. The first kappa shape index (κ1) is 29.4. The number of hydrogen-bond acceptors (Lipinski definition) is 10. The molecule has 1 aromatic carbocycles. The highest BCUT2D eigenvalue weighted by atomic mass is 35.5. The van der Waals surface area contributed by atoms with Gasteiger partial charge in [-0.3, -0.25) is 4.79 Å². The highest BCUT2D eigenvalue weighted by Gasteiger charge is 2.33. The standard InChI is InChI=1S/C20H18Cl2N8O2.C3H3F3O/c1-32-19(31)13-4-5-16(29-18(13)23)24-6-7-25-20-28-15(9-17-26-10-27-30(17)20)12-3-2-11(21)8-14(12)22;1-2(7)3(4,5)6/h2-5,8-10H,6-7H2,1H3,(H,25,28)(H3,23,24,29);1H3. The minimum Gasteiger partial charge on any atom is -0.465 e. The number of nitrogens with zero attached hydrogens (tertiary/aromatic N) is 5. The highest BCUT2D eigenvalue weighted by Crippen LogP contribution is 2.30. The van der Waals surface area contributed by atoms with Crippen molar-refractivity contribution in [2.75, 3.05) is 36.6 Å². The van der Waals surface area contributed by atoms with Crippen LogP contribution in [0.2, 0.25) is 10.0 Å². The molecule has 206 valence electrons. The molecule has 0 spiro atoms. The van der Waals surface area contributed by atoms with E-state index in [0.29, 0.717) is 53.2 Å². The van der Waals surface area contributed by atoms with Gasteiger partial charge >= 0.3 is 12.1 Å². The number of ether oxygens (including phenoxy) is 1. The maximum atomic E-state index is 11.6. The van der Waals surface area contributed by atoms with Gasteiger partial charge in [-0.25, -0.2) is 19.7 Å². The lowest BCUT2D eigenvalue weighted by atomic mass is 10.1. The average Bonchev–Trinajstić information content (AvgIpc) is 3.35. The number of esters is 1. The molecule has 0 aliphatic rings. The number of fused-ring (bicyclic) bond motifs is 1. The molecule has 0 saturated carbocycles. The van der Waals surface area contributed by atoms with Gasteiger partial charge in [-0.15, -0.1) is 0 Å². The Hall–Kier alpha value is -4.17. The Kier molecular flexibility index (Phi) is 9.48. The summed E-state index contributed by atoms with van der Waals surface area (Å²) in [6.45, 7) is 1.47. The number of Topliss-reactive ketones (excluding diaryl/α,β-unsaturated/α-hetero) is 1. The SMILES string of the molecule is CC(=O)C(F)(F)F.COC(=O)c1ccc(NCCNc2nc(-c3ccc(Cl)cc3Cl)cc3ncnn23)nc1N. The average molecular weight is 585 g/mol. The first-order valence-electron chi connectivity index (χ1n) is 11.0. The van der Waals surface area contributed by atoms with Crippen molar-refractivity contribution in [1.82, 2.24) is 24.6 Å². The number of nitrogens with two attached hydrogens (primary N) is 1. The van der Waals surface area contributed by atoms with Gasteiger partial charge in [-0.2, -0.15) is 22.8 Å². The maximum absolute atomic E-state index is 11.6. The zero-order valence-corrected chi connectivity index (χ0v) is 21.9. The largest absolute Gasteiger partial charge is 0.465 e. The lowest BCUT2D eigenvalue weighted by molar-refractivity contribution is -0.168. The van der Waals surface area contributed by atoms with Gasteiger partial charge < -0.3 is 21.1 Å². The Morgan fingerprint density at radius 1 is 1.08 bits per heavy atom. The molecule has 39 heavy (non-hydrogen) atoms. The normalized spacial score (nSPS) is 10.9. The molecule has 0 aliphatic heterocycles. The number of alkyl halides is 3. The van der Waals surface area contributed by atoms with E-state index in [1.165, 1.54) is 13.4 Å². The molecule has 11 nitrogen and oxygen atoms in total. The summed E-state index contributed by atoms with van der Waals surface area (Å²) in [4.78, 5) is 34.0. The van der Waals surface area contributed by atoms with Crippen molar-refractivity contribution in [3.8, 4) is 11.3 Å². The molecule has 0 fully saturated rings. The molecule has 3 heterocycles. The molecule has 0 radical (unpaired) electrons. The molecule has 0 bridgehead atoms. The van der Waals surface area contributed by atoms with E-state index < -0.39 is 17.9 Å². The topological polar surface area (TPSA) is 149 Å². The second-order valence-electron chi connectivity index (χ2n) is 7.65. The summed E-state index contributed by atoms with van der Waals surface area (Å²) in [6.07, 6.45) is -3.19. The second kappa shape index (κ2) is 12.6. The summed E-state index contributed by atoms with van der Waals surface area (Å²) in [6, 6.07) is 10.2. The fourth-order valence-corrected chi connectivity index (χ4v) is 3.50. The minimum atomic E-state index is -4.64. The molecule has 0 atom stereocenters. The molecule has 0 amide bonds. The van der Waals surface area contributed by atoms with Crippen molar-refractivity contribution in [3.05, 3.63) is 58.3 Å². The second-order valence-corrected chi connectivity index (χ2v) is 8.49. The van der Waals surface area contributed by atoms with Gasteiger partial charge in [0.2, 0.25) is 11.7 Å². The molecule has 0 saturated heterocycles. The molecular weight excluding hydrogens is 564 g/mol. The van der Waals surface area contributed by atoms with Crippen LogP contribution in [0.1, 0.15) is 17.3 Å². The van der Waals surface area contributed by atoms with Crippen molar-refractivity contribution in [2.45, 2.75) is 13.1 Å². The number of pyridine rings is 1.